The largest absolute Gasteiger partial charge is 0.467 e. The molecule has 1 aliphatic rings. The van der Waals surface area contributed by atoms with Crippen molar-refractivity contribution in [3.63, 3.8) is 0 Å². The number of fused-ring (bicyclic) bond motifs is 1. The zero-order chi connectivity index (χ0) is 16.7. The fourth-order valence-electron chi connectivity index (χ4n) is 3.30. The van der Waals surface area contributed by atoms with Gasteiger partial charge in [-0.3, -0.25) is 9.78 Å². The molecule has 0 saturated heterocycles. The van der Waals surface area contributed by atoms with Crippen molar-refractivity contribution in [2.75, 3.05) is 0 Å². The molecule has 2 heterocycles. The van der Waals surface area contributed by atoms with Gasteiger partial charge >= 0.3 is 0 Å². The molecule has 1 saturated carbocycles. The number of amides is 1. The van der Waals surface area contributed by atoms with Gasteiger partial charge < -0.3 is 9.32 Å². The highest BCUT2D eigenvalue weighted by atomic mass is 16.3. The molecule has 3 aromatic rings. The quantitative estimate of drug-likeness (QED) is 0.711. The van der Waals surface area contributed by atoms with Gasteiger partial charge in [0.2, 0.25) is 0 Å². The van der Waals surface area contributed by atoms with Gasteiger partial charge in [-0.15, -0.1) is 0 Å². The number of pyridine rings is 1. The van der Waals surface area contributed by atoms with E-state index in [4.69, 9.17) is 4.42 Å². The number of hydrogen-bond donors (Lipinski definition) is 0. The summed E-state index contributed by atoms with van der Waals surface area (Å²) in [7, 11) is 0. The summed E-state index contributed by atoms with van der Waals surface area (Å²) < 4.78 is 5.55. The maximum absolute atomic E-state index is 13.4. The molecule has 1 aromatic carbocycles. The second kappa shape index (κ2) is 5.78. The number of rotatable bonds is 4. The molecule has 1 aliphatic carbocycles. The minimum absolute atomic E-state index is 0.0584. The van der Waals surface area contributed by atoms with Crippen LogP contribution in [0.2, 0.25) is 0 Å². The molecule has 0 radical (unpaired) electrons. The Labute approximate surface area is 141 Å². The predicted octanol–water partition coefficient (Wildman–Crippen LogP) is 4.50. The van der Waals surface area contributed by atoms with Crippen molar-refractivity contribution in [2.24, 2.45) is 0 Å². The molecule has 1 fully saturated rings. The molecule has 122 valence electrons. The van der Waals surface area contributed by atoms with Crippen LogP contribution in [-0.4, -0.2) is 21.8 Å². The van der Waals surface area contributed by atoms with Crippen molar-refractivity contribution in [1.82, 2.24) is 9.88 Å². The van der Waals surface area contributed by atoms with E-state index in [0.717, 1.165) is 40.8 Å². The van der Waals surface area contributed by atoms with E-state index in [1.165, 1.54) is 0 Å². The van der Waals surface area contributed by atoms with E-state index in [-0.39, 0.29) is 11.9 Å². The van der Waals surface area contributed by atoms with E-state index in [1.807, 2.05) is 61.2 Å². The van der Waals surface area contributed by atoms with Crippen LogP contribution in [-0.2, 0) is 0 Å². The Bertz CT molecular complexity index is 882. The van der Waals surface area contributed by atoms with Crippen molar-refractivity contribution >= 4 is 16.8 Å². The Morgan fingerprint density at radius 3 is 2.75 bits per heavy atom. The molecule has 4 heteroatoms. The van der Waals surface area contributed by atoms with Crippen LogP contribution in [0.3, 0.4) is 0 Å². The van der Waals surface area contributed by atoms with Gasteiger partial charge in [0.1, 0.15) is 5.76 Å². The third-order valence-electron chi connectivity index (χ3n) is 4.62. The number of benzene rings is 1. The number of carbonyl (C=O) groups excluding carboxylic acids is 1. The fraction of sp³-hybridized carbons (Fsp3) is 0.300. The highest BCUT2D eigenvalue weighted by molar-refractivity contribution is 6.06. The summed E-state index contributed by atoms with van der Waals surface area (Å²) in [6.07, 6.45) is 3.77. The van der Waals surface area contributed by atoms with Crippen molar-refractivity contribution < 1.29 is 9.21 Å². The Morgan fingerprint density at radius 1 is 1.25 bits per heavy atom. The van der Waals surface area contributed by atoms with Crippen molar-refractivity contribution in [3.8, 4) is 0 Å². The molecule has 24 heavy (non-hydrogen) atoms. The first-order valence-electron chi connectivity index (χ1n) is 8.37. The van der Waals surface area contributed by atoms with Crippen LogP contribution in [0.1, 0.15) is 47.6 Å². The molecule has 4 rings (SSSR count). The summed E-state index contributed by atoms with van der Waals surface area (Å²) in [5.41, 5.74) is 2.45. The van der Waals surface area contributed by atoms with Crippen LogP contribution in [0.15, 0.2) is 53.1 Å². The molecule has 0 spiro atoms. The average Bonchev–Trinajstić information content (AvgIpc) is 3.25. The van der Waals surface area contributed by atoms with Crippen molar-refractivity contribution in [1.29, 1.82) is 0 Å². The topological polar surface area (TPSA) is 46.3 Å². The summed E-state index contributed by atoms with van der Waals surface area (Å²) >= 11 is 0. The zero-order valence-electron chi connectivity index (χ0n) is 13.9. The van der Waals surface area contributed by atoms with E-state index in [1.54, 1.807) is 6.26 Å². The normalized spacial score (nSPS) is 15.4. The summed E-state index contributed by atoms with van der Waals surface area (Å²) in [5, 5.41) is 0.908. The monoisotopic (exact) mass is 320 g/mol. The first-order chi connectivity index (χ1) is 11.6. The SMILES string of the molecule is Cc1cc(C(=O)N(C2CC2)C(C)c2ccco2)c2ccccc2n1. The molecule has 1 atom stereocenters. The smallest absolute Gasteiger partial charge is 0.255 e. The Hall–Kier alpha value is -2.62. The predicted molar refractivity (Wildman–Crippen MR) is 92.8 cm³/mol. The molecule has 0 aliphatic heterocycles. The van der Waals surface area contributed by atoms with Crippen molar-refractivity contribution in [3.05, 3.63) is 65.7 Å². The average molecular weight is 320 g/mol. The van der Waals surface area contributed by atoms with Gasteiger partial charge in [0.25, 0.3) is 5.91 Å². The van der Waals surface area contributed by atoms with Gasteiger partial charge in [0.15, 0.2) is 0 Å². The maximum Gasteiger partial charge on any atom is 0.255 e. The van der Waals surface area contributed by atoms with Crippen molar-refractivity contribution in [2.45, 2.75) is 38.8 Å². The number of carbonyl (C=O) groups is 1. The van der Waals surface area contributed by atoms with Gasteiger partial charge in [0.05, 0.1) is 23.4 Å². The van der Waals surface area contributed by atoms with E-state index in [9.17, 15) is 4.79 Å². The van der Waals surface area contributed by atoms with Crippen LogP contribution in [0, 0.1) is 6.92 Å². The number of nitrogens with zero attached hydrogens (tertiary/aromatic N) is 2. The second-order valence-corrected chi connectivity index (χ2v) is 6.46. The number of hydrogen-bond acceptors (Lipinski definition) is 3. The van der Waals surface area contributed by atoms with E-state index in [2.05, 4.69) is 4.98 Å². The minimum Gasteiger partial charge on any atom is -0.467 e. The van der Waals surface area contributed by atoms with Gasteiger partial charge in [-0.2, -0.15) is 0 Å². The summed E-state index contributed by atoms with van der Waals surface area (Å²) in [5.74, 6) is 0.883. The number of aryl methyl sites for hydroxylation is 1. The summed E-state index contributed by atoms with van der Waals surface area (Å²) in [6, 6.07) is 13.7. The molecule has 4 nitrogen and oxygen atoms in total. The third-order valence-corrected chi connectivity index (χ3v) is 4.62. The maximum atomic E-state index is 13.4. The fourth-order valence-corrected chi connectivity index (χ4v) is 3.30. The number of aromatic nitrogens is 1. The molecule has 1 amide bonds. The van der Waals surface area contributed by atoms with Crippen LogP contribution in [0.4, 0.5) is 0 Å². The lowest BCUT2D eigenvalue weighted by atomic mass is 10.0. The Kier molecular flexibility index (Phi) is 3.60. The lowest BCUT2D eigenvalue weighted by Crippen LogP contribution is -2.35. The molecule has 0 bridgehead atoms. The van der Waals surface area contributed by atoms with E-state index < -0.39 is 0 Å². The second-order valence-electron chi connectivity index (χ2n) is 6.46. The molecule has 1 unspecified atom stereocenters. The Balaban J connectivity index is 1.79. The summed E-state index contributed by atoms with van der Waals surface area (Å²) in [6.45, 7) is 3.96. The van der Waals surface area contributed by atoms with Crippen LogP contribution in [0.25, 0.3) is 10.9 Å². The molecule has 2 aromatic heterocycles. The van der Waals surface area contributed by atoms with Crippen LogP contribution >= 0.6 is 0 Å². The molecule has 0 N–H and O–H groups in total. The lowest BCUT2D eigenvalue weighted by Gasteiger charge is -2.28. The van der Waals surface area contributed by atoms with E-state index >= 15 is 0 Å². The van der Waals surface area contributed by atoms with E-state index in [0.29, 0.717) is 6.04 Å². The highest BCUT2D eigenvalue weighted by Gasteiger charge is 2.38. The third kappa shape index (κ3) is 2.58. The number of furan rings is 1. The highest BCUT2D eigenvalue weighted by Crippen LogP contribution is 2.36. The minimum atomic E-state index is -0.0766. The van der Waals surface area contributed by atoms with Gasteiger partial charge in [-0.1, -0.05) is 18.2 Å². The van der Waals surface area contributed by atoms with Crippen LogP contribution in [0.5, 0.6) is 0 Å². The summed E-state index contributed by atoms with van der Waals surface area (Å²) in [4.78, 5) is 19.9. The first kappa shape index (κ1) is 14.9. The standard InChI is InChI=1S/C20H20N2O2/c1-13-12-17(16-6-3-4-7-18(16)21-13)20(23)22(15-9-10-15)14(2)19-8-5-11-24-19/h3-8,11-12,14-15H,9-10H2,1-2H3. The Morgan fingerprint density at radius 2 is 2.04 bits per heavy atom. The van der Waals surface area contributed by atoms with Crippen LogP contribution < -0.4 is 0 Å². The van der Waals surface area contributed by atoms with Gasteiger partial charge in [0, 0.05) is 17.1 Å². The zero-order valence-corrected chi connectivity index (χ0v) is 13.9. The van der Waals surface area contributed by atoms with Gasteiger partial charge in [-0.05, 0) is 51.0 Å². The first-order valence-corrected chi connectivity index (χ1v) is 8.37. The van der Waals surface area contributed by atoms with Gasteiger partial charge in [-0.25, -0.2) is 0 Å². The molecular formula is C20H20N2O2. The number of para-hydroxylation sites is 1. The lowest BCUT2D eigenvalue weighted by molar-refractivity contribution is 0.0654. The molecular weight excluding hydrogens is 300 g/mol.